The number of aryl methyl sites for hydroxylation is 2. The molecule has 0 aliphatic carbocycles. The van der Waals surface area contributed by atoms with Crippen LogP contribution in [0.25, 0.3) is 0 Å². The number of nitrogens with zero attached hydrogens (tertiary/aromatic N) is 2. The molecule has 1 aromatic heterocycles. The van der Waals surface area contributed by atoms with Gasteiger partial charge in [-0.3, -0.25) is 9.89 Å². The SMILES string of the molecule is Cc1[nH]nc(CCC(=O)c2ccc(C#N)cc2)c1Oc1cc(Cl)cc(Cl)c1. The van der Waals surface area contributed by atoms with E-state index in [0.29, 0.717) is 44.8 Å². The summed E-state index contributed by atoms with van der Waals surface area (Å²) in [5, 5.41) is 16.9. The van der Waals surface area contributed by atoms with Gasteiger partial charge in [-0.1, -0.05) is 35.3 Å². The Kier molecular flexibility index (Phi) is 5.80. The van der Waals surface area contributed by atoms with Gasteiger partial charge in [0.25, 0.3) is 0 Å². The lowest BCUT2D eigenvalue weighted by Gasteiger charge is -2.08. The Morgan fingerprint density at radius 2 is 1.85 bits per heavy atom. The van der Waals surface area contributed by atoms with E-state index in [-0.39, 0.29) is 12.2 Å². The molecule has 27 heavy (non-hydrogen) atoms. The summed E-state index contributed by atoms with van der Waals surface area (Å²) in [6.45, 7) is 1.83. The van der Waals surface area contributed by atoms with Crippen LogP contribution in [-0.2, 0) is 6.42 Å². The summed E-state index contributed by atoms with van der Waals surface area (Å²) >= 11 is 12.0. The van der Waals surface area contributed by atoms with Gasteiger partial charge in [0.2, 0.25) is 0 Å². The Labute approximate surface area is 166 Å². The molecule has 2 aromatic carbocycles. The smallest absolute Gasteiger partial charge is 0.171 e. The average Bonchev–Trinajstić information content (AvgIpc) is 2.99. The quantitative estimate of drug-likeness (QED) is 0.554. The summed E-state index contributed by atoms with van der Waals surface area (Å²) in [4.78, 5) is 12.4. The molecule has 7 heteroatoms. The number of rotatable bonds is 6. The summed E-state index contributed by atoms with van der Waals surface area (Å²) in [5.41, 5.74) is 2.47. The van der Waals surface area contributed by atoms with E-state index in [1.807, 2.05) is 13.0 Å². The molecule has 0 amide bonds. The number of aromatic amines is 1. The zero-order chi connectivity index (χ0) is 19.4. The third-order valence-electron chi connectivity index (χ3n) is 3.94. The first-order valence-corrected chi connectivity index (χ1v) is 8.93. The molecule has 3 aromatic rings. The van der Waals surface area contributed by atoms with Crippen molar-refractivity contribution in [3.63, 3.8) is 0 Å². The van der Waals surface area contributed by atoms with E-state index < -0.39 is 0 Å². The number of ketones is 1. The Morgan fingerprint density at radius 1 is 1.19 bits per heavy atom. The molecule has 0 fully saturated rings. The summed E-state index contributed by atoms with van der Waals surface area (Å²) in [6, 6.07) is 13.5. The highest BCUT2D eigenvalue weighted by Gasteiger charge is 2.16. The Morgan fingerprint density at radius 3 is 2.48 bits per heavy atom. The van der Waals surface area contributed by atoms with E-state index in [2.05, 4.69) is 10.2 Å². The molecule has 0 aliphatic heterocycles. The number of aromatic nitrogens is 2. The lowest BCUT2D eigenvalue weighted by atomic mass is 10.0. The second-order valence-electron chi connectivity index (χ2n) is 5.94. The number of halogens is 2. The van der Waals surface area contributed by atoms with Crippen molar-refractivity contribution >= 4 is 29.0 Å². The fraction of sp³-hybridized carbons (Fsp3) is 0.150. The number of Topliss-reactive ketones (excluding diaryl/α,β-unsaturated/α-hetero) is 1. The van der Waals surface area contributed by atoms with Gasteiger partial charge in [0.1, 0.15) is 11.4 Å². The molecule has 0 atom stereocenters. The first-order valence-electron chi connectivity index (χ1n) is 8.17. The summed E-state index contributed by atoms with van der Waals surface area (Å²) in [6.07, 6.45) is 0.676. The molecule has 0 saturated heterocycles. The fourth-order valence-corrected chi connectivity index (χ4v) is 3.09. The van der Waals surface area contributed by atoms with Gasteiger partial charge in [-0.05, 0) is 37.3 Å². The normalized spacial score (nSPS) is 10.4. The van der Waals surface area contributed by atoms with Gasteiger partial charge in [-0.2, -0.15) is 10.4 Å². The number of benzene rings is 2. The molecule has 0 saturated carbocycles. The first kappa shape index (κ1) is 19.0. The minimum absolute atomic E-state index is 0.0307. The van der Waals surface area contributed by atoms with Gasteiger partial charge in [-0.15, -0.1) is 0 Å². The van der Waals surface area contributed by atoms with E-state index in [1.165, 1.54) is 0 Å². The van der Waals surface area contributed by atoms with Crippen molar-refractivity contribution in [1.82, 2.24) is 10.2 Å². The van der Waals surface area contributed by atoms with Crippen molar-refractivity contribution in [3.05, 3.63) is 75.0 Å². The molecule has 5 nitrogen and oxygen atoms in total. The maximum atomic E-state index is 12.4. The van der Waals surface area contributed by atoms with E-state index in [9.17, 15) is 4.79 Å². The minimum atomic E-state index is -0.0307. The van der Waals surface area contributed by atoms with Gasteiger partial charge >= 0.3 is 0 Å². The van der Waals surface area contributed by atoms with Crippen molar-refractivity contribution in [2.45, 2.75) is 19.8 Å². The van der Waals surface area contributed by atoms with Crippen molar-refractivity contribution in [2.24, 2.45) is 0 Å². The molecular formula is C20H15Cl2N3O2. The van der Waals surface area contributed by atoms with Crippen LogP contribution < -0.4 is 4.74 Å². The van der Waals surface area contributed by atoms with E-state index in [1.54, 1.807) is 42.5 Å². The van der Waals surface area contributed by atoms with Crippen molar-refractivity contribution in [1.29, 1.82) is 5.26 Å². The second-order valence-corrected chi connectivity index (χ2v) is 6.82. The number of hydrogen-bond acceptors (Lipinski definition) is 4. The molecular weight excluding hydrogens is 385 g/mol. The van der Waals surface area contributed by atoms with Gasteiger partial charge < -0.3 is 4.74 Å². The third kappa shape index (κ3) is 4.68. The topological polar surface area (TPSA) is 78.8 Å². The number of carbonyl (C=O) groups is 1. The highest BCUT2D eigenvalue weighted by Crippen LogP contribution is 2.32. The molecule has 1 N–H and O–H groups in total. The first-order chi connectivity index (χ1) is 13.0. The van der Waals surface area contributed by atoms with Gasteiger partial charge in [0.15, 0.2) is 11.5 Å². The van der Waals surface area contributed by atoms with E-state index in [4.69, 9.17) is 33.2 Å². The van der Waals surface area contributed by atoms with Crippen LogP contribution in [0.15, 0.2) is 42.5 Å². The predicted molar refractivity (Wildman–Crippen MR) is 104 cm³/mol. The van der Waals surface area contributed by atoms with Gasteiger partial charge in [0, 0.05) is 28.5 Å². The Balaban J connectivity index is 1.72. The molecule has 0 spiro atoms. The van der Waals surface area contributed by atoms with Crippen LogP contribution >= 0.6 is 23.2 Å². The number of H-pyrrole nitrogens is 1. The largest absolute Gasteiger partial charge is 0.453 e. The van der Waals surface area contributed by atoms with Crippen molar-refractivity contribution < 1.29 is 9.53 Å². The maximum Gasteiger partial charge on any atom is 0.171 e. The average molecular weight is 400 g/mol. The van der Waals surface area contributed by atoms with Crippen molar-refractivity contribution in [3.8, 4) is 17.6 Å². The van der Waals surface area contributed by atoms with Crippen LogP contribution in [0.5, 0.6) is 11.5 Å². The lowest BCUT2D eigenvalue weighted by molar-refractivity contribution is 0.0982. The summed E-state index contributed by atoms with van der Waals surface area (Å²) in [5.74, 6) is 1.02. The fourth-order valence-electron chi connectivity index (χ4n) is 2.59. The van der Waals surface area contributed by atoms with Crippen LogP contribution in [0, 0.1) is 18.3 Å². The standard InChI is InChI=1S/C20H15Cl2N3O2/c1-12-20(27-17-9-15(21)8-16(22)10-17)18(25-24-12)6-7-19(26)14-4-2-13(11-23)3-5-14/h2-5,8-10H,6-7H2,1H3,(H,24,25). The zero-order valence-corrected chi connectivity index (χ0v) is 15.9. The van der Waals surface area contributed by atoms with Crippen LogP contribution in [0.1, 0.15) is 33.7 Å². The molecule has 136 valence electrons. The monoisotopic (exact) mass is 399 g/mol. The highest BCUT2D eigenvalue weighted by atomic mass is 35.5. The maximum absolute atomic E-state index is 12.4. The second kappa shape index (κ2) is 8.26. The molecule has 0 unspecified atom stereocenters. The van der Waals surface area contributed by atoms with Crippen LogP contribution in [0.4, 0.5) is 0 Å². The molecule has 0 radical (unpaired) electrons. The minimum Gasteiger partial charge on any atom is -0.453 e. The third-order valence-corrected chi connectivity index (χ3v) is 4.38. The summed E-state index contributed by atoms with van der Waals surface area (Å²) in [7, 11) is 0. The lowest BCUT2D eigenvalue weighted by Crippen LogP contribution is -2.02. The van der Waals surface area contributed by atoms with Crippen molar-refractivity contribution in [2.75, 3.05) is 0 Å². The van der Waals surface area contributed by atoms with Crippen LogP contribution in [-0.4, -0.2) is 16.0 Å². The van der Waals surface area contributed by atoms with Crippen LogP contribution in [0.2, 0.25) is 10.0 Å². The van der Waals surface area contributed by atoms with Gasteiger partial charge in [0.05, 0.1) is 17.3 Å². The number of nitrogens with one attached hydrogen (secondary N) is 1. The van der Waals surface area contributed by atoms with E-state index in [0.717, 1.165) is 5.69 Å². The molecule has 0 bridgehead atoms. The number of carbonyl (C=O) groups excluding carboxylic acids is 1. The van der Waals surface area contributed by atoms with Crippen LogP contribution in [0.3, 0.4) is 0 Å². The highest BCUT2D eigenvalue weighted by molar-refractivity contribution is 6.34. The summed E-state index contributed by atoms with van der Waals surface area (Å²) < 4.78 is 5.90. The number of ether oxygens (including phenoxy) is 1. The number of hydrogen-bond donors (Lipinski definition) is 1. The Hall–Kier alpha value is -2.81. The molecule has 3 rings (SSSR count). The zero-order valence-electron chi connectivity index (χ0n) is 14.4. The number of nitriles is 1. The van der Waals surface area contributed by atoms with E-state index >= 15 is 0 Å². The molecule has 0 aliphatic rings. The van der Waals surface area contributed by atoms with Gasteiger partial charge in [-0.25, -0.2) is 0 Å². The Bertz CT molecular complexity index is 1000. The molecule has 1 heterocycles. The predicted octanol–water partition coefficient (Wildman–Crippen LogP) is 5.50.